The fourth-order valence-corrected chi connectivity index (χ4v) is 1.84. The fraction of sp³-hybridized carbons (Fsp3) is 0.167. The summed E-state index contributed by atoms with van der Waals surface area (Å²) in [5.74, 6) is -2.48. The SMILES string of the molecule is COc1c(F)cc2[nH]cc(C(=O)O)c(=O)c2c1OC. The Hall–Kier alpha value is -2.57. The van der Waals surface area contributed by atoms with Gasteiger partial charge in [-0.1, -0.05) is 0 Å². The highest BCUT2D eigenvalue weighted by molar-refractivity contribution is 5.95. The number of aromatic amines is 1. The number of rotatable bonds is 3. The minimum Gasteiger partial charge on any atom is -0.492 e. The molecule has 0 aliphatic heterocycles. The van der Waals surface area contributed by atoms with E-state index in [9.17, 15) is 14.0 Å². The van der Waals surface area contributed by atoms with Gasteiger partial charge in [0, 0.05) is 12.3 Å². The molecular weight excluding hydrogens is 257 g/mol. The first kappa shape index (κ1) is 12.9. The largest absolute Gasteiger partial charge is 0.492 e. The third-order valence-corrected chi connectivity index (χ3v) is 2.67. The number of H-pyrrole nitrogens is 1. The Morgan fingerprint density at radius 3 is 2.47 bits per heavy atom. The van der Waals surface area contributed by atoms with Crippen molar-refractivity contribution in [3.63, 3.8) is 0 Å². The number of carboxylic acids is 1. The summed E-state index contributed by atoms with van der Waals surface area (Å²) in [5.41, 5.74) is -1.10. The molecule has 6 nitrogen and oxygen atoms in total. The molecule has 100 valence electrons. The maximum atomic E-state index is 13.7. The van der Waals surface area contributed by atoms with E-state index >= 15 is 0 Å². The van der Waals surface area contributed by atoms with Crippen LogP contribution in [0.2, 0.25) is 0 Å². The number of carboxylic acid groups (broad SMARTS) is 1. The number of hydrogen-bond acceptors (Lipinski definition) is 4. The summed E-state index contributed by atoms with van der Waals surface area (Å²) in [6, 6.07) is 1.05. The van der Waals surface area contributed by atoms with Crippen LogP contribution in [0.3, 0.4) is 0 Å². The molecule has 19 heavy (non-hydrogen) atoms. The molecule has 0 spiro atoms. The van der Waals surface area contributed by atoms with Crippen molar-refractivity contribution in [1.82, 2.24) is 4.98 Å². The lowest BCUT2D eigenvalue weighted by Gasteiger charge is -2.11. The van der Waals surface area contributed by atoms with Crippen LogP contribution < -0.4 is 14.9 Å². The number of nitrogens with one attached hydrogen (secondary N) is 1. The topological polar surface area (TPSA) is 88.6 Å². The lowest BCUT2D eigenvalue weighted by atomic mass is 10.1. The van der Waals surface area contributed by atoms with E-state index in [4.69, 9.17) is 14.6 Å². The molecule has 0 unspecified atom stereocenters. The summed E-state index contributed by atoms with van der Waals surface area (Å²) in [6.45, 7) is 0. The first-order valence-electron chi connectivity index (χ1n) is 5.20. The number of aromatic carboxylic acids is 1. The molecule has 0 atom stereocenters. The minimum absolute atomic E-state index is 0.0688. The van der Waals surface area contributed by atoms with Crippen molar-refractivity contribution in [2.45, 2.75) is 0 Å². The van der Waals surface area contributed by atoms with E-state index in [0.29, 0.717) is 0 Å². The van der Waals surface area contributed by atoms with Crippen molar-refractivity contribution in [1.29, 1.82) is 0 Å². The van der Waals surface area contributed by atoms with Crippen LogP contribution in [0.15, 0.2) is 17.1 Å². The zero-order valence-electron chi connectivity index (χ0n) is 10.1. The van der Waals surface area contributed by atoms with E-state index in [0.717, 1.165) is 12.3 Å². The van der Waals surface area contributed by atoms with Crippen molar-refractivity contribution < 1.29 is 23.8 Å². The number of hydrogen-bond donors (Lipinski definition) is 2. The van der Waals surface area contributed by atoms with E-state index in [2.05, 4.69) is 4.98 Å². The number of aromatic nitrogens is 1. The van der Waals surface area contributed by atoms with Gasteiger partial charge in [0.05, 0.1) is 25.1 Å². The van der Waals surface area contributed by atoms with E-state index in [1.165, 1.54) is 14.2 Å². The summed E-state index contributed by atoms with van der Waals surface area (Å²) in [5, 5.41) is 8.83. The van der Waals surface area contributed by atoms with E-state index in [1.54, 1.807) is 0 Å². The van der Waals surface area contributed by atoms with Gasteiger partial charge in [0.15, 0.2) is 17.3 Å². The second-order valence-corrected chi connectivity index (χ2v) is 3.68. The van der Waals surface area contributed by atoms with Crippen LogP contribution in [0.4, 0.5) is 4.39 Å². The monoisotopic (exact) mass is 267 g/mol. The van der Waals surface area contributed by atoms with Crippen LogP contribution in [0, 0.1) is 5.82 Å². The quantitative estimate of drug-likeness (QED) is 0.877. The zero-order chi connectivity index (χ0) is 14.2. The highest BCUT2D eigenvalue weighted by Crippen LogP contribution is 2.35. The molecule has 0 saturated heterocycles. The van der Waals surface area contributed by atoms with Crippen molar-refractivity contribution >= 4 is 16.9 Å². The molecular formula is C12H10FNO5. The van der Waals surface area contributed by atoms with Crippen molar-refractivity contribution in [3.8, 4) is 11.5 Å². The number of ether oxygens (including phenoxy) is 2. The van der Waals surface area contributed by atoms with Gasteiger partial charge in [0.2, 0.25) is 5.43 Å². The molecule has 1 heterocycles. The third kappa shape index (κ3) is 1.88. The molecule has 1 aromatic heterocycles. The normalized spacial score (nSPS) is 10.5. The average Bonchev–Trinajstić information content (AvgIpc) is 2.36. The zero-order valence-corrected chi connectivity index (χ0v) is 10.1. The van der Waals surface area contributed by atoms with Crippen LogP contribution in [-0.4, -0.2) is 30.3 Å². The minimum atomic E-state index is -1.38. The predicted molar refractivity (Wildman–Crippen MR) is 64.6 cm³/mol. The van der Waals surface area contributed by atoms with Gasteiger partial charge >= 0.3 is 5.97 Å². The van der Waals surface area contributed by atoms with Crippen LogP contribution in [-0.2, 0) is 0 Å². The van der Waals surface area contributed by atoms with Gasteiger partial charge < -0.3 is 19.6 Å². The van der Waals surface area contributed by atoms with Gasteiger partial charge in [0.25, 0.3) is 0 Å². The van der Waals surface area contributed by atoms with Crippen molar-refractivity contribution in [3.05, 3.63) is 33.9 Å². The van der Waals surface area contributed by atoms with Gasteiger partial charge in [-0.3, -0.25) is 4.79 Å². The summed E-state index contributed by atoms with van der Waals surface area (Å²) >= 11 is 0. The molecule has 2 rings (SSSR count). The van der Waals surface area contributed by atoms with E-state index < -0.39 is 22.8 Å². The molecule has 0 fully saturated rings. The highest BCUT2D eigenvalue weighted by atomic mass is 19.1. The smallest absolute Gasteiger partial charge is 0.341 e. The third-order valence-electron chi connectivity index (χ3n) is 2.67. The van der Waals surface area contributed by atoms with E-state index in [-0.39, 0.29) is 22.4 Å². The number of pyridine rings is 1. The Bertz CT molecular complexity index is 722. The Balaban J connectivity index is 2.99. The predicted octanol–water partition coefficient (Wildman–Crippen LogP) is 1.38. The van der Waals surface area contributed by atoms with Crippen LogP contribution in [0.1, 0.15) is 10.4 Å². The van der Waals surface area contributed by atoms with Gasteiger partial charge in [-0.05, 0) is 0 Å². The van der Waals surface area contributed by atoms with Crippen LogP contribution >= 0.6 is 0 Å². The van der Waals surface area contributed by atoms with Crippen molar-refractivity contribution in [2.24, 2.45) is 0 Å². The summed E-state index contributed by atoms with van der Waals surface area (Å²) in [6.07, 6.45) is 1.01. The van der Waals surface area contributed by atoms with Crippen LogP contribution in [0.25, 0.3) is 10.9 Å². The molecule has 0 radical (unpaired) electrons. The molecule has 1 aromatic carbocycles. The van der Waals surface area contributed by atoms with E-state index in [1.807, 2.05) is 0 Å². The summed E-state index contributed by atoms with van der Waals surface area (Å²) in [4.78, 5) is 25.5. The van der Waals surface area contributed by atoms with Crippen LogP contribution in [0.5, 0.6) is 11.5 Å². The molecule has 7 heteroatoms. The molecule has 0 aliphatic rings. The standard InChI is InChI=1S/C12H10FNO5/c1-18-10-6(13)3-7-8(11(10)19-2)9(15)5(4-14-7)12(16)17/h3-4H,1-2H3,(H,14,15)(H,16,17). The molecule has 0 saturated carbocycles. The molecule has 2 aromatic rings. The number of fused-ring (bicyclic) bond motifs is 1. The number of halogens is 1. The Kier molecular flexibility index (Phi) is 3.12. The lowest BCUT2D eigenvalue weighted by Crippen LogP contribution is -2.16. The molecule has 0 bridgehead atoms. The van der Waals surface area contributed by atoms with Gasteiger partial charge in [-0.25, -0.2) is 9.18 Å². The molecule has 2 N–H and O–H groups in total. The van der Waals surface area contributed by atoms with Gasteiger partial charge in [-0.15, -0.1) is 0 Å². The van der Waals surface area contributed by atoms with Gasteiger partial charge in [-0.2, -0.15) is 0 Å². The second-order valence-electron chi connectivity index (χ2n) is 3.68. The molecule has 0 aliphatic carbocycles. The first-order valence-corrected chi connectivity index (χ1v) is 5.20. The second kappa shape index (κ2) is 4.60. The highest BCUT2D eigenvalue weighted by Gasteiger charge is 2.21. The summed E-state index contributed by atoms with van der Waals surface area (Å²) in [7, 11) is 2.46. The maximum Gasteiger partial charge on any atom is 0.341 e. The van der Waals surface area contributed by atoms with Crippen molar-refractivity contribution in [2.75, 3.05) is 14.2 Å². The first-order chi connectivity index (χ1) is 9.01. The Morgan fingerprint density at radius 2 is 1.95 bits per heavy atom. The number of methoxy groups -OCH3 is 2. The number of benzene rings is 1. The molecule has 0 amide bonds. The summed E-state index contributed by atoms with van der Waals surface area (Å²) < 4.78 is 23.5. The Labute approximate surface area is 106 Å². The fourth-order valence-electron chi connectivity index (χ4n) is 1.84. The number of carbonyl (C=O) groups is 1. The Morgan fingerprint density at radius 1 is 1.32 bits per heavy atom. The maximum absolute atomic E-state index is 13.7. The lowest BCUT2D eigenvalue weighted by molar-refractivity contribution is 0.0695. The van der Waals surface area contributed by atoms with Gasteiger partial charge in [0.1, 0.15) is 5.56 Å². The average molecular weight is 267 g/mol.